The molecule has 2 aromatic rings. The Morgan fingerprint density at radius 3 is 2.62 bits per heavy atom. The zero-order valence-corrected chi connectivity index (χ0v) is 12.9. The van der Waals surface area contributed by atoms with Crippen LogP contribution in [0.25, 0.3) is 10.9 Å². The molecule has 1 fully saturated rings. The Morgan fingerprint density at radius 2 is 2.00 bits per heavy atom. The van der Waals surface area contributed by atoms with Gasteiger partial charge in [0.2, 0.25) is 0 Å². The summed E-state index contributed by atoms with van der Waals surface area (Å²) in [6, 6.07) is 8.81. The zero-order valence-electron chi connectivity index (χ0n) is 12.9. The molecule has 5 N–H and O–H groups in total. The summed E-state index contributed by atoms with van der Waals surface area (Å²) >= 11 is 0. The second-order valence-electron chi connectivity index (χ2n) is 5.80. The molecule has 8 heteroatoms. The number of aliphatic hydroxyl groups excluding tert-OH is 4. The van der Waals surface area contributed by atoms with Crippen molar-refractivity contribution in [3.63, 3.8) is 0 Å². The van der Waals surface area contributed by atoms with Crippen LogP contribution in [0.15, 0.2) is 30.3 Å². The van der Waals surface area contributed by atoms with E-state index in [1.54, 1.807) is 24.3 Å². The number of nitrogens with one attached hydrogen (secondary N) is 1. The topological polar surface area (TPSA) is 132 Å². The van der Waals surface area contributed by atoms with Crippen molar-refractivity contribution < 1.29 is 34.7 Å². The first kappa shape index (κ1) is 16.9. The maximum atomic E-state index is 11.6. The van der Waals surface area contributed by atoms with Gasteiger partial charge in [0.1, 0.15) is 18.3 Å². The Balaban J connectivity index is 2.14. The lowest BCUT2D eigenvalue weighted by Crippen LogP contribution is -2.64. The molecule has 1 aromatic carbocycles. The number of esters is 1. The van der Waals surface area contributed by atoms with Gasteiger partial charge in [0.15, 0.2) is 6.10 Å². The fourth-order valence-corrected chi connectivity index (χ4v) is 2.98. The number of para-hydroxylation sites is 1. The van der Waals surface area contributed by atoms with E-state index in [1.807, 2.05) is 6.07 Å². The van der Waals surface area contributed by atoms with E-state index in [0.717, 1.165) is 12.3 Å². The van der Waals surface area contributed by atoms with E-state index in [1.165, 1.54) is 0 Å². The van der Waals surface area contributed by atoms with Gasteiger partial charge < -0.3 is 34.9 Å². The number of ether oxygens (including phenoxy) is 2. The van der Waals surface area contributed by atoms with Crippen LogP contribution in [0, 0.1) is 0 Å². The van der Waals surface area contributed by atoms with Crippen molar-refractivity contribution in [1.82, 2.24) is 4.98 Å². The quantitative estimate of drug-likeness (QED) is 0.471. The minimum atomic E-state index is -2.07. The Labute approximate surface area is 137 Å². The number of carbonyl (C=O) groups is 1. The number of benzene rings is 1. The van der Waals surface area contributed by atoms with Gasteiger partial charge in [-0.2, -0.15) is 0 Å². The molecule has 0 saturated carbocycles. The van der Waals surface area contributed by atoms with Crippen LogP contribution in [0.5, 0.6) is 0 Å². The van der Waals surface area contributed by atoms with Crippen molar-refractivity contribution in [1.29, 1.82) is 0 Å². The number of aromatic nitrogens is 1. The maximum absolute atomic E-state index is 11.6. The molecular formula is C16H19NO7. The van der Waals surface area contributed by atoms with E-state index in [2.05, 4.69) is 4.98 Å². The molecule has 0 amide bonds. The molecule has 1 aromatic heterocycles. The first-order valence-corrected chi connectivity index (χ1v) is 7.49. The van der Waals surface area contributed by atoms with Gasteiger partial charge in [-0.15, -0.1) is 0 Å². The van der Waals surface area contributed by atoms with Crippen LogP contribution in [0.2, 0.25) is 0 Å². The average molecular weight is 337 g/mol. The van der Waals surface area contributed by atoms with Crippen LogP contribution >= 0.6 is 0 Å². The lowest BCUT2D eigenvalue weighted by atomic mass is 9.90. The number of fused-ring (bicyclic) bond motifs is 1. The molecule has 0 bridgehead atoms. The predicted molar refractivity (Wildman–Crippen MR) is 81.7 cm³/mol. The number of hydrogen-bond donors (Lipinski definition) is 5. The molecule has 8 nitrogen and oxygen atoms in total. The molecule has 2 heterocycles. The normalized spacial score (nSPS) is 33.5. The Kier molecular flexibility index (Phi) is 4.33. The van der Waals surface area contributed by atoms with E-state index in [0.29, 0.717) is 5.52 Å². The monoisotopic (exact) mass is 337 g/mol. The predicted octanol–water partition coefficient (Wildman–Crippen LogP) is -0.642. The van der Waals surface area contributed by atoms with E-state index in [-0.39, 0.29) is 5.69 Å². The SMILES string of the molecule is CC(=O)OC1(c2cc3ccccc3[nH]2)O[C@H](CO)[C@@H](O)[C@H](O)[C@@H]1O. The first-order chi connectivity index (χ1) is 11.4. The summed E-state index contributed by atoms with van der Waals surface area (Å²) in [5.41, 5.74) is 0.895. The molecule has 24 heavy (non-hydrogen) atoms. The van der Waals surface area contributed by atoms with Crippen molar-refractivity contribution in [2.24, 2.45) is 0 Å². The van der Waals surface area contributed by atoms with Crippen LogP contribution in [0.4, 0.5) is 0 Å². The molecule has 1 saturated heterocycles. The molecule has 130 valence electrons. The first-order valence-electron chi connectivity index (χ1n) is 7.49. The summed E-state index contributed by atoms with van der Waals surface area (Å²) in [7, 11) is 0. The molecule has 5 atom stereocenters. The van der Waals surface area contributed by atoms with Crippen molar-refractivity contribution in [3.8, 4) is 0 Å². The third-order valence-corrected chi connectivity index (χ3v) is 4.15. The summed E-state index contributed by atoms with van der Waals surface area (Å²) in [5.74, 6) is -2.83. The smallest absolute Gasteiger partial charge is 0.305 e. The van der Waals surface area contributed by atoms with Crippen LogP contribution in [0.1, 0.15) is 12.6 Å². The molecule has 0 radical (unpaired) electrons. The van der Waals surface area contributed by atoms with E-state index in [4.69, 9.17) is 9.47 Å². The molecule has 0 spiro atoms. The fraction of sp³-hybridized carbons (Fsp3) is 0.438. The number of aliphatic hydroxyl groups is 4. The van der Waals surface area contributed by atoms with Crippen LogP contribution in [0.3, 0.4) is 0 Å². The van der Waals surface area contributed by atoms with Crippen LogP contribution < -0.4 is 0 Å². The zero-order chi connectivity index (χ0) is 17.5. The van der Waals surface area contributed by atoms with Gasteiger partial charge in [0.05, 0.1) is 12.3 Å². The summed E-state index contributed by atoms with van der Waals surface area (Å²) in [6.45, 7) is 0.500. The second kappa shape index (κ2) is 6.15. The Hall–Kier alpha value is -1.97. The van der Waals surface area contributed by atoms with Crippen LogP contribution in [-0.4, -0.2) is 62.4 Å². The highest BCUT2D eigenvalue weighted by atomic mass is 16.7. The van der Waals surface area contributed by atoms with Gasteiger partial charge >= 0.3 is 5.97 Å². The number of hydrogen-bond acceptors (Lipinski definition) is 7. The molecule has 0 aliphatic carbocycles. The average Bonchev–Trinajstić information content (AvgIpc) is 2.99. The van der Waals surface area contributed by atoms with E-state index >= 15 is 0 Å². The van der Waals surface area contributed by atoms with Gasteiger partial charge in [-0.25, -0.2) is 0 Å². The lowest BCUT2D eigenvalue weighted by molar-refractivity contribution is -0.360. The highest BCUT2D eigenvalue weighted by Gasteiger charge is 2.58. The molecule has 3 rings (SSSR count). The van der Waals surface area contributed by atoms with Crippen molar-refractivity contribution in [2.45, 2.75) is 37.1 Å². The number of aromatic amines is 1. The maximum Gasteiger partial charge on any atom is 0.305 e. The standard InChI is InChI=1S/C16H19NO7/c1-8(19)23-16(12-6-9-4-2-3-5-10(9)17-12)15(22)14(21)13(20)11(7-18)24-16/h2-6,11,13-15,17-18,20-22H,7H2,1H3/t11-,13-,14+,15+,16?/m1/s1. The second-order valence-corrected chi connectivity index (χ2v) is 5.80. The largest absolute Gasteiger partial charge is 0.424 e. The van der Waals surface area contributed by atoms with Crippen molar-refractivity contribution in [2.75, 3.05) is 6.61 Å². The van der Waals surface area contributed by atoms with Gasteiger partial charge in [-0.05, 0) is 17.5 Å². The van der Waals surface area contributed by atoms with E-state index < -0.39 is 42.8 Å². The van der Waals surface area contributed by atoms with Gasteiger partial charge in [0, 0.05) is 12.4 Å². The fourth-order valence-electron chi connectivity index (χ4n) is 2.98. The number of carbonyl (C=O) groups excluding carboxylic acids is 1. The Bertz CT molecular complexity index is 710. The summed E-state index contributed by atoms with van der Waals surface area (Å²) < 4.78 is 10.8. The third kappa shape index (κ3) is 2.58. The minimum Gasteiger partial charge on any atom is -0.424 e. The van der Waals surface area contributed by atoms with Crippen molar-refractivity contribution >= 4 is 16.9 Å². The van der Waals surface area contributed by atoms with Gasteiger partial charge in [-0.3, -0.25) is 4.79 Å². The number of rotatable bonds is 3. The molecule has 1 aliphatic heterocycles. The third-order valence-electron chi connectivity index (χ3n) is 4.15. The number of H-pyrrole nitrogens is 1. The van der Waals surface area contributed by atoms with E-state index in [9.17, 15) is 25.2 Å². The minimum absolute atomic E-state index is 0.191. The van der Waals surface area contributed by atoms with Crippen LogP contribution in [-0.2, 0) is 20.1 Å². The summed E-state index contributed by atoms with van der Waals surface area (Å²) in [4.78, 5) is 14.6. The highest BCUT2D eigenvalue weighted by Crippen LogP contribution is 2.40. The molecular weight excluding hydrogens is 318 g/mol. The molecule has 1 aliphatic rings. The summed E-state index contributed by atoms with van der Waals surface area (Å²) in [6.07, 6.45) is -6.21. The van der Waals surface area contributed by atoms with Gasteiger partial charge in [-0.1, -0.05) is 18.2 Å². The lowest BCUT2D eigenvalue weighted by Gasteiger charge is -2.46. The highest BCUT2D eigenvalue weighted by molar-refractivity contribution is 5.80. The molecule has 1 unspecified atom stereocenters. The Morgan fingerprint density at radius 1 is 1.29 bits per heavy atom. The van der Waals surface area contributed by atoms with Gasteiger partial charge in [0.25, 0.3) is 5.79 Å². The summed E-state index contributed by atoms with van der Waals surface area (Å²) in [5, 5.41) is 40.7. The van der Waals surface area contributed by atoms with Crippen molar-refractivity contribution in [3.05, 3.63) is 36.0 Å².